The predicted octanol–water partition coefficient (Wildman–Crippen LogP) is 5.25. The summed E-state index contributed by atoms with van der Waals surface area (Å²) in [6.07, 6.45) is -1.04. The van der Waals surface area contributed by atoms with Gasteiger partial charge in [-0.05, 0) is 36.1 Å². The number of rotatable bonds is 6. The predicted molar refractivity (Wildman–Crippen MR) is 92.9 cm³/mol. The largest absolute Gasteiger partial charge is 0.472 e. The summed E-state index contributed by atoms with van der Waals surface area (Å²) in [6.45, 7) is 0.504. The van der Waals surface area contributed by atoms with Crippen molar-refractivity contribution in [3.63, 3.8) is 0 Å². The van der Waals surface area contributed by atoms with Crippen molar-refractivity contribution in [2.45, 2.75) is 19.1 Å². The van der Waals surface area contributed by atoms with Crippen LogP contribution < -0.4 is 0 Å². The average molecular weight is 379 g/mol. The lowest BCUT2D eigenvalue weighted by Gasteiger charge is -2.24. The fourth-order valence-electron chi connectivity index (χ4n) is 2.64. The Morgan fingerprint density at radius 3 is 2.58 bits per heavy atom. The zero-order valence-corrected chi connectivity index (χ0v) is 14.5. The smallest absolute Gasteiger partial charge is 0.417 e. The SMILES string of the molecule is O=C(c1ccccc1C(F)(F)F)N(CCc1cccs1)Cc1ccoc1. The van der Waals surface area contributed by atoms with Gasteiger partial charge in [-0.1, -0.05) is 18.2 Å². The maximum absolute atomic E-state index is 13.3. The minimum Gasteiger partial charge on any atom is -0.472 e. The Bertz CT molecular complexity index is 842. The lowest BCUT2D eigenvalue weighted by atomic mass is 10.1. The third-order valence-electron chi connectivity index (χ3n) is 3.91. The van der Waals surface area contributed by atoms with E-state index in [-0.39, 0.29) is 12.1 Å². The second kappa shape index (κ2) is 7.78. The molecule has 0 N–H and O–H groups in total. The van der Waals surface area contributed by atoms with Gasteiger partial charge in [0.25, 0.3) is 5.91 Å². The first-order valence-corrected chi connectivity index (χ1v) is 8.82. The molecule has 0 bridgehead atoms. The van der Waals surface area contributed by atoms with Gasteiger partial charge in [-0.25, -0.2) is 0 Å². The van der Waals surface area contributed by atoms with Gasteiger partial charge in [0.05, 0.1) is 23.7 Å². The summed E-state index contributed by atoms with van der Waals surface area (Å²) < 4.78 is 44.8. The molecule has 3 aromatic rings. The molecule has 3 nitrogen and oxygen atoms in total. The standard InChI is InChI=1S/C19H16F3NO2S/c20-19(21,22)17-6-2-1-5-16(17)18(24)23(12-14-8-10-25-13-14)9-7-15-4-3-11-26-15/h1-6,8,10-11,13H,7,9,12H2. The topological polar surface area (TPSA) is 33.5 Å². The fraction of sp³-hybridized carbons (Fsp3) is 0.211. The highest BCUT2D eigenvalue weighted by atomic mass is 32.1. The Balaban J connectivity index is 1.87. The van der Waals surface area contributed by atoms with Gasteiger partial charge in [-0.3, -0.25) is 4.79 Å². The van der Waals surface area contributed by atoms with Crippen molar-refractivity contribution in [1.82, 2.24) is 4.90 Å². The summed E-state index contributed by atoms with van der Waals surface area (Å²) in [5, 5.41) is 1.93. The molecule has 3 rings (SSSR count). The second-order valence-electron chi connectivity index (χ2n) is 5.73. The molecule has 0 aliphatic heterocycles. The molecule has 0 aliphatic rings. The Hall–Kier alpha value is -2.54. The molecular formula is C19H16F3NO2S. The van der Waals surface area contributed by atoms with Gasteiger partial charge in [-0.15, -0.1) is 11.3 Å². The normalized spacial score (nSPS) is 11.5. The summed E-state index contributed by atoms with van der Waals surface area (Å²) in [4.78, 5) is 15.4. The van der Waals surface area contributed by atoms with Gasteiger partial charge in [0.2, 0.25) is 0 Å². The minimum absolute atomic E-state index is 0.187. The molecule has 0 unspecified atom stereocenters. The van der Waals surface area contributed by atoms with Crippen molar-refractivity contribution in [3.8, 4) is 0 Å². The van der Waals surface area contributed by atoms with Crippen LogP contribution in [0.1, 0.15) is 26.4 Å². The lowest BCUT2D eigenvalue weighted by Crippen LogP contribution is -2.33. The number of hydrogen-bond donors (Lipinski definition) is 0. The Morgan fingerprint density at radius 1 is 1.12 bits per heavy atom. The van der Waals surface area contributed by atoms with E-state index in [0.29, 0.717) is 13.0 Å². The molecule has 26 heavy (non-hydrogen) atoms. The molecule has 0 radical (unpaired) electrons. The van der Waals surface area contributed by atoms with Crippen LogP contribution in [0.2, 0.25) is 0 Å². The number of carbonyl (C=O) groups excluding carboxylic acids is 1. The summed E-state index contributed by atoms with van der Waals surface area (Å²) in [5.41, 5.74) is -0.526. The molecule has 0 saturated carbocycles. The Labute approximate surface area is 152 Å². The van der Waals surface area contributed by atoms with Crippen LogP contribution in [-0.4, -0.2) is 17.4 Å². The van der Waals surface area contributed by atoms with E-state index in [4.69, 9.17) is 4.42 Å². The van der Waals surface area contributed by atoms with Gasteiger partial charge >= 0.3 is 6.18 Å². The monoisotopic (exact) mass is 379 g/mol. The molecular weight excluding hydrogens is 363 g/mol. The molecule has 136 valence electrons. The van der Waals surface area contributed by atoms with Crippen LogP contribution in [0.3, 0.4) is 0 Å². The van der Waals surface area contributed by atoms with Crippen LogP contribution in [0.25, 0.3) is 0 Å². The van der Waals surface area contributed by atoms with Crippen molar-refractivity contribution in [3.05, 3.63) is 81.9 Å². The molecule has 7 heteroatoms. The van der Waals surface area contributed by atoms with E-state index in [2.05, 4.69) is 0 Å². The van der Waals surface area contributed by atoms with E-state index in [1.165, 1.54) is 35.6 Å². The van der Waals surface area contributed by atoms with Crippen LogP contribution >= 0.6 is 11.3 Å². The van der Waals surface area contributed by atoms with Gasteiger partial charge in [0.1, 0.15) is 0 Å². The van der Waals surface area contributed by atoms with Gasteiger partial charge in [0.15, 0.2) is 0 Å². The van der Waals surface area contributed by atoms with E-state index in [9.17, 15) is 18.0 Å². The zero-order chi connectivity index (χ0) is 18.6. The number of carbonyl (C=O) groups is 1. The summed E-state index contributed by atoms with van der Waals surface area (Å²) in [7, 11) is 0. The number of hydrogen-bond acceptors (Lipinski definition) is 3. The van der Waals surface area contributed by atoms with E-state index in [0.717, 1.165) is 16.5 Å². The molecule has 0 aliphatic carbocycles. The van der Waals surface area contributed by atoms with E-state index < -0.39 is 17.6 Å². The lowest BCUT2D eigenvalue weighted by molar-refractivity contribution is -0.138. The van der Waals surface area contributed by atoms with Crippen molar-refractivity contribution in [2.24, 2.45) is 0 Å². The van der Waals surface area contributed by atoms with E-state index in [1.54, 1.807) is 17.4 Å². The number of halogens is 3. The number of alkyl halides is 3. The number of thiophene rings is 1. The molecule has 0 atom stereocenters. The van der Waals surface area contributed by atoms with Crippen LogP contribution in [0.5, 0.6) is 0 Å². The molecule has 1 amide bonds. The summed E-state index contributed by atoms with van der Waals surface area (Å²) >= 11 is 1.55. The minimum atomic E-state index is -4.58. The molecule has 0 fully saturated rings. The van der Waals surface area contributed by atoms with Crippen LogP contribution in [0, 0.1) is 0 Å². The van der Waals surface area contributed by atoms with Crippen LogP contribution in [0.4, 0.5) is 13.2 Å². The average Bonchev–Trinajstić information content (AvgIpc) is 3.31. The van der Waals surface area contributed by atoms with Gasteiger partial charge < -0.3 is 9.32 Å². The maximum atomic E-state index is 13.3. The van der Waals surface area contributed by atoms with Crippen LogP contribution in [0.15, 0.2) is 64.8 Å². The summed E-state index contributed by atoms with van der Waals surface area (Å²) in [6, 6.07) is 10.4. The third-order valence-corrected chi connectivity index (χ3v) is 4.85. The highest BCUT2D eigenvalue weighted by Gasteiger charge is 2.35. The van der Waals surface area contributed by atoms with Crippen molar-refractivity contribution < 1.29 is 22.4 Å². The van der Waals surface area contributed by atoms with E-state index >= 15 is 0 Å². The Morgan fingerprint density at radius 2 is 1.92 bits per heavy atom. The highest BCUT2D eigenvalue weighted by Crippen LogP contribution is 2.32. The van der Waals surface area contributed by atoms with Crippen molar-refractivity contribution in [1.29, 1.82) is 0 Å². The Kier molecular flexibility index (Phi) is 5.46. The van der Waals surface area contributed by atoms with Gasteiger partial charge in [0, 0.05) is 23.5 Å². The molecule has 0 saturated heterocycles. The number of nitrogens with zero attached hydrogens (tertiary/aromatic N) is 1. The number of benzene rings is 1. The first-order valence-electron chi connectivity index (χ1n) is 7.94. The molecule has 2 aromatic heterocycles. The quantitative estimate of drug-likeness (QED) is 0.586. The number of amides is 1. The fourth-order valence-corrected chi connectivity index (χ4v) is 3.34. The van der Waals surface area contributed by atoms with Crippen LogP contribution in [-0.2, 0) is 19.1 Å². The van der Waals surface area contributed by atoms with Crippen molar-refractivity contribution in [2.75, 3.05) is 6.54 Å². The van der Waals surface area contributed by atoms with Crippen molar-refractivity contribution >= 4 is 17.2 Å². The molecule has 2 heterocycles. The maximum Gasteiger partial charge on any atom is 0.417 e. The second-order valence-corrected chi connectivity index (χ2v) is 6.76. The first kappa shape index (κ1) is 18.3. The first-order chi connectivity index (χ1) is 12.4. The number of furan rings is 1. The van der Waals surface area contributed by atoms with E-state index in [1.807, 2.05) is 17.5 Å². The van der Waals surface area contributed by atoms with Gasteiger partial charge in [-0.2, -0.15) is 13.2 Å². The third kappa shape index (κ3) is 4.35. The zero-order valence-electron chi connectivity index (χ0n) is 13.7. The highest BCUT2D eigenvalue weighted by molar-refractivity contribution is 7.09. The summed E-state index contributed by atoms with van der Waals surface area (Å²) in [5.74, 6) is -0.643. The molecule has 0 spiro atoms. The molecule has 1 aromatic carbocycles.